The van der Waals surface area contributed by atoms with Crippen LogP contribution < -0.4 is 10.2 Å². The largest absolute Gasteiger partial charge is 0.469 e. The number of aromatic nitrogens is 2. The molecular weight excluding hydrogens is 252 g/mol. The van der Waals surface area contributed by atoms with E-state index in [0.717, 1.165) is 42.6 Å². The zero-order valence-corrected chi connectivity index (χ0v) is 12.6. The van der Waals surface area contributed by atoms with E-state index >= 15 is 0 Å². The van der Waals surface area contributed by atoms with E-state index in [9.17, 15) is 0 Å². The molecule has 0 saturated carbocycles. The fourth-order valence-corrected chi connectivity index (χ4v) is 2.05. The molecule has 2 aromatic rings. The van der Waals surface area contributed by atoms with Crippen LogP contribution >= 0.6 is 0 Å². The van der Waals surface area contributed by atoms with Crippen molar-refractivity contribution < 1.29 is 4.42 Å². The molecule has 0 aliphatic heterocycles. The van der Waals surface area contributed by atoms with Crippen LogP contribution in [0.3, 0.4) is 0 Å². The Morgan fingerprint density at radius 1 is 1.35 bits per heavy atom. The van der Waals surface area contributed by atoms with Crippen molar-refractivity contribution in [3.63, 3.8) is 0 Å². The first kappa shape index (κ1) is 14.4. The third-order valence-corrected chi connectivity index (χ3v) is 3.25. The molecule has 0 bridgehead atoms. The van der Waals surface area contributed by atoms with Crippen LogP contribution in [0.25, 0.3) is 0 Å². The monoisotopic (exact) mass is 274 g/mol. The van der Waals surface area contributed by atoms with Crippen LogP contribution in [0.15, 0.2) is 22.8 Å². The van der Waals surface area contributed by atoms with Gasteiger partial charge in [0.1, 0.15) is 23.2 Å². The van der Waals surface area contributed by atoms with E-state index in [1.165, 1.54) is 5.56 Å². The van der Waals surface area contributed by atoms with Gasteiger partial charge in [-0.25, -0.2) is 9.97 Å². The van der Waals surface area contributed by atoms with Crippen LogP contribution in [0, 0.1) is 6.92 Å². The molecule has 5 nitrogen and oxygen atoms in total. The lowest BCUT2D eigenvalue weighted by atomic mass is 10.2. The number of hydrogen-bond acceptors (Lipinski definition) is 5. The number of furan rings is 1. The molecule has 0 aromatic carbocycles. The second-order valence-electron chi connectivity index (χ2n) is 4.89. The Hall–Kier alpha value is -2.04. The normalized spacial score (nSPS) is 10.6. The third kappa shape index (κ3) is 3.29. The highest BCUT2D eigenvalue weighted by Crippen LogP contribution is 2.19. The highest BCUT2D eigenvalue weighted by atomic mass is 16.3. The molecule has 0 saturated heterocycles. The molecule has 108 valence electrons. The van der Waals surface area contributed by atoms with Gasteiger partial charge in [0.25, 0.3) is 0 Å². The molecule has 0 unspecified atom stereocenters. The Labute approximate surface area is 120 Å². The van der Waals surface area contributed by atoms with Gasteiger partial charge in [0.2, 0.25) is 0 Å². The van der Waals surface area contributed by atoms with E-state index in [1.807, 2.05) is 33.2 Å². The molecule has 1 N–H and O–H groups in total. The maximum atomic E-state index is 5.34. The molecular formula is C15H22N4O. The highest BCUT2D eigenvalue weighted by Gasteiger charge is 2.10. The molecule has 0 aliphatic rings. The molecule has 0 amide bonds. The van der Waals surface area contributed by atoms with Crippen molar-refractivity contribution in [2.45, 2.75) is 33.2 Å². The standard InChI is InChI=1S/C15H22N4O/c1-5-6-13-17-14(16-3)9-15(18-13)19(4)10-12-7-8-20-11(12)2/h7-9H,5-6,10H2,1-4H3,(H,16,17,18). The Bertz CT molecular complexity index is 565. The van der Waals surface area contributed by atoms with Gasteiger partial charge in [-0.15, -0.1) is 0 Å². The second kappa shape index (κ2) is 6.41. The number of hydrogen-bond donors (Lipinski definition) is 1. The number of rotatable bonds is 6. The van der Waals surface area contributed by atoms with Gasteiger partial charge in [0, 0.05) is 38.7 Å². The topological polar surface area (TPSA) is 54.2 Å². The summed E-state index contributed by atoms with van der Waals surface area (Å²) in [6.07, 6.45) is 3.65. The number of nitrogens with zero attached hydrogens (tertiary/aromatic N) is 3. The van der Waals surface area contributed by atoms with Crippen molar-refractivity contribution in [3.05, 3.63) is 35.5 Å². The van der Waals surface area contributed by atoms with Gasteiger partial charge in [-0.2, -0.15) is 0 Å². The number of nitrogens with one attached hydrogen (secondary N) is 1. The number of anilines is 2. The summed E-state index contributed by atoms with van der Waals surface area (Å²) in [6, 6.07) is 3.97. The second-order valence-corrected chi connectivity index (χ2v) is 4.89. The molecule has 5 heteroatoms. The van der Waals surface area contributed by atoms with Gasteiger partial charge in [-0.1, -0.05) is 6.92 Å². The SMILES string of the molecule is CCCc1nc(NC)cc(N(C)Cc2ccoc2C)n1. The maximum absolute atomic E-state index is 5.34. The molecule has 2 rings (SSSR count). The van der Waals surface area contributed by atoms with E-state index in [0.29, 0.717) is 0 Å². The van der Waals surface area contributed by atoms with E-state index in [1.54, 1.807) is 6.26 Å². The van der Waals surface area contributed by atoms with Gasteiger partial charge < -0.3 is 14.6 Å². The summed E-state index contributed by atoms with van der Waals surface area (Å²) in [6.45, 7) is 4.88. The lowest BCUT2D eigenvalue weighted by Gasteiger charge is -2.19. The zero-order chi connectivity index (χ0) is 14.5. The summed E-state index contributed by atoms with van der Waals surface area (Å²) < 4.78 is 5.34. The van der Waals surface area contributed by atoms with E-state index in [4.69, 9.17) is 4.42 Å². The van der Waals surface area contributed by atoms with Crippen LogP contribution in [0.5, 0.6) is 0 Å². The summed E-state index contributed by atoms with van der Waals surface area (Å²) in [5.74, 6) is 3.61. The van der Waals surface area contributed by atoms with Crippen LogP contribution in [0.4, 0.5) is 11.6 Å². The lowest BCUT2D eigenvalue weighted by Crippen LogP contribution is -2.19. The van der Waals surface area contributed by atoms with E-state index in [2.05, 4.69) is 27.1 Å². The summed E-state index contributed by atoms with van der Waals surface area (Å²) in [4.78, 5) is 11.2. The van der Waals surface area contributed by atoms with Crippen molar-refractivity contribution in [1.29, 1.82) is 0 Å². The molecule has 0 spiro atoms. The van der Waals surface area contributed by atoms with Gasteiger partial charge in [0.15, 0.2) is 0 Å². The highest BCUT2D eigenvalue weighted by molar-refractivity contribution is 5.49. The first-order valence-corrected chi connectivity index (χ1v) is 6.93. The molecule has 0 fully saturated rings. The minimum Gasteiger partial charge on any atom is -0.469 e. The smallest absolute Gasteiger partial charge is 0.134 e. The molecule has 0 aliphatic carbocycles. The summed E-state index contributed by atoms with van der Waals surface area (Å²) >= 11 is 0. The average Bonchev–Trinajstić information content (AvgIpc) is 2.84. The molecule has 2 aromatic heterocycles. The fourth-order valence-electron chi connectivity index (χ4n) is 2.05. The Kier molecular flexibility index (Phi) is 4.61. The minimum absolute atomic E-state index is 0.772. The van der Waals surface area contributed by atoms with Gasteiger partial charge in [0.05, 0.1) is 6.26 Å². The van der Waals surface area contributed by atoms with Crippen LogP contribution in [0.2, 0.25) is 0 Å². The lowest BCUT2D eigenvalue weighted by molar-refractivity contribution is 0.529. The van der Waals surface area contributed by atoms with Crippen molar-refractivity contribution in [3.8, 4) is 0 Å². The van der Waals surface area contributed by atoms with Gasteiger partial charge in [-0.05, 0) is 19.4 Å². The number of aryl methyl sites for hydroxylation is 2. The van der Waals surface area contributed by atoms with Gasteiger partial charge in [-0.3, -0.25) is 0 Å². The van der Waals surface area contributed by atoms with E-state index < -0.39 is 0 Å². The zero-order valence-electron chi connectivity index (χ0n) is 12.6. The Balaban J connectivity index is 2.22. The third-order valence-electron chi connectivity index (χ3n) is 3.25. The van der Waals surface area contributed by atoms with Crippen LogP contribution in [0.1, 0.15) is 30.5 Å². The van der Waals surface area contributed by atoms with Crippen molar-refractivity contribution in [1.82, 2.24) is 9.97 Å². The van der Waals surface area contributed by atoms with Crippen LogP contribution in [-0.2, 0) is 13.0 Å². The fraction of sp³-hybridized carbons (Fsp3) is 0.467. The van der Waals surface area contributed by atoms with Crippen LogP contribution in [-0.4, -0.2) is 24.1 Å². The van der Waals surface area contributed by atoms with Crippen molar-refractivity contribution in [2.75, 3.05) is 24.3 Å². The Morgan fingerprint density at radius 2 is 2.15 bits per heavy atom. The first-order valence-electron chi connectivity index (χ1n) is 6.93. The van der Waals surface area contributed by atoms with Crippen molar-refractivity contribution in [2.24, 2.45) is 0 Å². The molecule has 2 heterocycles. The predicted octanol–water partition coefficient (Wildman–Crippen LogP) is 3.01. The van der Waals surface area contributed by atoms with E-state index in [-0.39, 0.29) is 0 Å². The summed E-state index contributed by atoms with van der Waals surface area (Å²) in [7, 11) is 3.91. The predicted molar refractivity (Wildman–Crippen MR) is 81.1 cm³/mol. The van der Waals surface area contributed by atoms with Gasteiger partial charge >= 0.3 is 0 Å². The quantitative estimate of drug-likeness (QED) is 0.877. The summed E-state index contributed by atoms with van der Waals surface area (Å²) in [5, 5.41) is 3.09. The Morgan fingerprint density at radius 3 is 2.75 bits per heavy atom. The maximum Gasteiger partial charge on any atom is 0.134 e. The molecule has 0 radical (unpaired) electrons. The molecule has 0 atom stereocenters. The average molecular weight is 274 g/mol. The first-order chi connectivity index (χ1) is 9.63. The molecule has 20 heavy (non-hydrogen) atoms. The minimum atomic E-state index is 0.772. The van der Waals surface area contributed by atoms with Crippen molar-refractivity contribution >= 4 is 11.6 Å². The summed E-state index contributed by atoms with van der Waals surface area (Å²) in [5.41, 5.74) is 1.18.